The molecule has 0 aliphatic heterocycles. The van der Waals surface area contributed by atoms with Crippen molar-refractivity contribution in [2.75, 3.05) is 5.32 Å². The number of halogens is 1. The highest BCUT2D eigenvalue weighted by Crippen LogP contribution is 2.18. The lowest BCUT2D eigenvalue weighted by atomic mass is 10.2. The second kappa shape index (κ2) is 6.52. The molecular formula is C18H15FN6O2. The number of carbonyl (C=O) groups is 1. The second-order valence-corrected chi connectivity index (χ2v) is 5.97. The standard InChI is InChI=1S/C18H15FN6O2/c1-23-15-4-2-3-5-16(15)24(18(23)27)9-17(26)22-12-6-7-14(13(19)8-12)25-11-20-10-21-25/h2-8,10-11H,9H2,1H3,(H,22,26). The molecule has 0 fully saturated rings. The Hall–Kier alpha value is -3.75. The second-order valence-electron chi connectivity index (χ2n) is 5.97. The van der Waals surface area contributed by atoms with Crippen LogP contribution < -0.4 is 11.0 Å². The minimum atomic E-state index is -0.555. The fourth-order valence-corrected chi connectivity index (χ4v) is 2.96. The summed E-state index contributed by atoms with van der Waals surface area (Å²) in [5.41, 5.74) is 1.61. The zero-order valence-electron chi connectivity index (χ0n) is 14.3. The molecule has 1 amide bonds. The molecule has 0 aliphatic carbocycles. The van der Waals surface area contributed by atoms with Crippen LogP contribution in [0.5, 0.6) is 0 Å². The number of nitrogens with one attached hydrogen (secondary N) is 1. The first kappa shape index (κ1) is 16.7. The van der Waals surface area contributed by atoms with E-state index >= 15 is 0 Å². The Balaban J connectivity index is 1.56. The summed E-state index contributed by atoms with van der Waals surface area (Å²) >= 11 is 0. The van der Waals surface area contributed by atoms with Gasteiger partial charge in [-0.3, -0.25) is 13.9 Å². The summed E-state index contributed by atoms with van der Waals surface area (Å²) in [5, 5.41) is 6.48. The van der Waals surface area contributed by atoms with Crippen molar-refractivity contribution in [3.8, 4) is 5.69 Å². The first-order chi connectivity index (χ1) is 13.0. The molecule has 2 aromatic carbocycles. The molecule has 0 atom stereocenters. The van der Waals surface area contributed by atoms with Crippen LogP contribution in [0.4, 0.5) is 10.1 Å². The van der Waals surface area contributed by atoms with Gasteiger partial charge in [-0.2, -0.15) is 5.10 Å². The predicted octanol–water partition coefficient (Wildman–Crippen LogP) is 1.70. The van der Waals surface area contributed by atoms with E-state index in [0.29, 0.717) is 5.52 Å². The number of hydrogen-bond acceptors (Lipinski definition) is 4. The third-order valence-corrected chi connectivity index (χ3v) is 4.25. The minimum absolute atomic E-state index is 0.174. The van der Waals surface area contributed by atoms with Gasteiger partial charge in [-0.05, 0) is 30.3 Å². The number of fused-ring (bicyclic) bond motifs is 1. The zero-order valence-corrected chi connectivity index (χ0v) is 14.3. The Bertz CT molecular complexity index is 1190. The Kier molecular flexibility index (Phi) is 4.03. The van der Waals surface area contributed by atoms with Gasteiger partial charge in [0.15, 0.2) is 5.82 Å². The number of imidazole rings is 1. The van der Waals surface area contributed by atoms with E-state index in [0.717, 1.165) is 5.52 Å². The molecule has 1 N–H and O–H groups in total. The number of hydrogen-bond donors (Lipinski definition) is 1. The number of carbonyl (C=O) groups excluding carboxylic acids is 1. The molecule has 136 valence electrons. The Morgan fingerprint density at radius 2 is 1.96 bits per heavy atom. The number of para-hydroxylation sites is 2. The highest BCUT2D eigenvalue weighted by atomic mass is 19.1. The predicted molar refractivity (Wildman–Crippen MR) is 97.1 cm³/mol. The van der Waals surface area contributed by atoms with E-state index in [1.54, 1.807) is 25.2 Å². The monoisotopic (exact) mass is 366 g/mol. The number of benzene rings is 2. The summed E-state index contributed by atoms with van der Waals surface area (Å²) in [4.78, 5) is 28.5. The van der Waals surface area contributed by atoms with Crippen molar-refractivity contribution in [3.05, 3.63) is 71.4 Å². The zero-order chi connectivity index (χ0) is 19.0. The van der Waals surface area contributed by atoms with Crippen LogP contribution in [0.15, 0.2) is 59.9 Å². The van der Waals surface area contributed by atoms with Gasteiger partial charge in [-0.1, -0.05) is 12.1 Å². The summed E-state index contributed by atoms with van der Waals surface area (Å²) in [6, 6.07) is 11.5. The first-order valence-corrected chi connectivity index (χ1v) is 8.13. The fourth-order valence-electron chi connectivity index (χ4n) is 2.96. The molecule has 2 heterocycles. The molecule has 4 rings (SSSR count). The van der Waals surface area contributed by atoms with Crippen molar-refractivity contribution >= 4 is 22.6 Å². The third-order valence-electron chi connectivity index (χ3n) is 4.25. The van der Waals surface area contributed by atoms with Crippen molar-refractivity contribution in [2.45, 2.75) is 6.54 Å². The molecule has 0 unspecified atom stereocenters. The molecule has 0 aliphatic rings. The van der Waals surface area contributed by atoms with Gasteiger partial charge in [-0.25, -0.2) is 18.9 Å². The van der Waals surface area contributed by atoms with Gasteiger partial charge in [-0.15, -0.1) is 0 Å². The quantitative estimate of drug-likeness (QED) is 0.596. The molecule has 27 heavy (non-hydrogen) atoms. The molecule has 0 saturated heterocycles. The Labute approximate surface area is 152 Å². The summed E-state index contributed by atoms with van der Waals surface area (Å²) in [6.07, 6.45) is 2.68. The lowest BCUT2D eigenvalue weighted by molar-refractivity contribution is -0.116. The third kappa shape index (κ3) is 2.99. The highest BCUT2D eigenvalue weighted by molar-refractivity contribution is 5.91. The summed E-state index contributed by atoms with van der Waals surface area (Å²) in [7, 11) is 1.65. The van der Waals surface area contributed by atoms with E-state index < -0.39 is 11.7 Å². The smallest absolute Gasteiger partial charge is 0.324 e. The summed E-state index contributed by atoms with van der Waals surface area (Å²) in [5.74, 6) is -0.984. The van der Waals surface area contributed by atoms with Crippen LogP contribution >= 0.6 is 0 Å². The number of rotatable bonds is 4. The van der Waals surface area contributed by atoms with Crippen LogP contribution in [0.25, 0.3) is 16.7 Å². The number of anilines is 1. The molecule has 4 aromatic rings. The lowest BCUT2D eigenvalue weighted by Crippen LogP contribution is -2.28. The van der Waals surface area contributed by atoms with Crippen LogP contribution in [-0.4, -0.2) is 29.8 Å². The Morgan fingerprint density at radius 3 is 2.67 bits per heavy atom. The van der Waals surface area contributed by atoms with Crippen LogP contribution in [-0.2, 0) is 18.4 Å². The largest absolute Gasteiger partial charge is 0.329 e. The summed E-state index contributed by atoms with van der Waals surface area (Å²) < 4.78 is 18.4. The number of aromatic nitrogens is 5. The molecule has 8 nitrogen and oxygen atoms in total. The van der Waals surface area contributed by atoms with Crippen LogP contribution in [0.1, 0.15) is 0 Å². The van der Waals surface area contributed by atoms with Gasteiger partial charge in [0.05, 0.1) is 11.0 Å². The molecule has 0 saturated carbocycles. The lowest BCUT2D eigenvalue weighted by Gasteiger charge is -2.08. The molecule has 9 heteroatoms. The fraction of sp³-hybridized carbons (Fsp3) is 0.111. The minimum Gasteiger partial charge on any atom is -0.324 e. The van der Waals surface area contributed by atoms with Crippen molar-refractivity contribution in [1.82, 2.24) is 23.9 Å². The normalized spacial score (nSPS) is 11.0. The van der Waals surface area contributed by atoms with Gasteiger partial charge in [0, 0.05) is 12.7 Å². The van der Waals surface area contributed by atoms with Crippen molar-refractivity contribution < 1.29 is 9.18 Å². The van der Waals surface area contributed by atoms with E-state index in [-0.39, 0.29) is 23.6 Å². The van der Waals surface area contributed by atoms with Gasteiger partial charge in [0.1, 0.15) is 24.9 Å². The van der Waals surface area contributed by atoms with E-state index in [1.165, 1.54) is 38.6 Å². The SMILES string of the molecule is Cn1c(=O)n(CC(=O)Nc2ccc(-n3cncn3)c(F)c2)c2ccccc21. The Morgan fingerprint density at radius 1 is 1.19 bits per heavy atom. The van der Waals surface area contributed by atoms with E-state index in [1.807, 2.05) is 12.1 Å². The van der Waals surface area contributed by atoms with Gasteiger partial charge in [0.25, 0.3) is 0 Å². The molecule has 0 bridgehead atoms. The molecule has 0 spiro atoms. The van der Waals surface area contributed by atoms with Gasteiger partial charge >= 0.3 is 5.69 Å². The van der Waals surface area contributed by atoms with Crippen LogP contribution in [0.3, 0.4) is 0 Å². The van der Waals surface area contributed by atoms with E-state index in [9.17, 15) is 14.0 Å². The van der Waals surface area contributed by atoms with Gasteiger partial charge < -0.3 is 5.32 Å². The van der Waals surface area contributed by atoms with Crippen molar-refractivity contribution in [2.24, 2.45) is 7.05 Å². The van der Waals surface area contributed by atoms with E-state index in [2.05, 4.69) is 15.4 Å². The topological polar surface area (TPSA) is 86.7 Å². The first-order valence-electron chi connectivity index (χ1n) is 8.13. The average molecular weight is 366 g/mol. The van der Waals surface area contributed by atoms with Crippen LogP contribution in [0.2, 0.25) is 0 Å². The van der Waals surface area contributed by atoms with Crippen molar-refractivity contribution in [1.29, 1.82) is 0 Å². The highest BCUT2D eigenvalue weighted by Gasteiger charge is 2.14. The summed E-state index contributed by atoms with van der Waals surface area (Å²) in [6.45, 7) is -0.174. The van der Waals surface area contributed by atoms with Crippen LogP contribution in [0, 0.1) is 5.82 Å². The molecule has 2 aromatic heterocycles. The average Bonchev–Trinajstić information content (AvgIpc) is 3.26. The molecular weight excluding hydrogens is 351 g/mol. The number of amides is 1. The van der Waals surface area contributed by atoms with Gasteiger partial charge in [0.2, 0.25) is 5.91 Å². The van der Waals surface area contributed by atoms with Crippen molar-refractivity contribution in [3.63, 3.8) is 0 Å². The number of aryl methyl sites for hydroxylation is 1. The maximum atomic E-state index is 14.3. The van der Waals surface area contributed by atoms with E-state index in [4.69, 9.17) is 0 Å². The maximum Gasteiger partial charge on any atom is 0.329 e. The maximum absolute atomic E-state index is 14.3. The molecule has 0 radical (unpaired) electrons. The number of nitrogens with zero attached hydrogens (tertiary/aromatic N) is 5.